The molecule has 1 aliphatic rings. The van der Waals surface area contributed by atoms with Crippen molar-refractivity contribution >= 4 is 11.9 Å². The monoisotopic (exact) mass is 584 g/mol. The second-order valence-electron chi connectivity index (χ2n) is 12.5. The molecule has 1 aromatic rings. The third-order valence-electron chi connectivity index (χ3n) is 8.93. The van der Waals surface area contributed by atoms with Crippen LogP contribution in [0.1, 0.15) is 121 Å². The zero-order valence-electron chi connectivity index (χ0n) is 26.5. The highest BCUT2D eigenvalue weighted by Crippen LogP contribution is 2.39. The second-order valence-corrected chi connectivity index (χ2v) is 12.5. The van der Waals surface area contributed by atoms with Crippen LogP contribution in [-0.4, -0.2) is 48.6 Å². The highest BCUT2D eigenvalue weighted by Gasteiger charge is 2.36. The number of aliphatic hydroxyl groups excluding tert-OH is 2. The zero-order chi connectivity index (χ0) is 31.0. The summed E-state index contributed by atoms with van der Waals surface area (Å²) in [7, 11) is 0. The Bertz CT molecular complexity index is 971. The normalized spacial score (nSPS) is 18.3. The van der Waals surface area contributed by atoms with Crippen molar-refractivity contribution in [2.45, 2.75) is 116 Å². The first-order valence-corrected chi connectivity index (χ1v) is 16.2. The average Bonchev–Trinajstić information content (AvgIpc) is 3.01. The molecule has 6 nitrogen and oxygen atoms in total. The summed E-state index contributed by atoms with van der Waals surface area (Å²) < 4.78 is 11.4. The first-order valence-electron chi connectivity index (χ1n) is 16.2. The summed E-state index contributed by atoms with van der Waals surface area (Å²) in [4.78, 5) is 25.2. The van der Waals surface area contributed by atoms with E-state index in [0.717, 1.165) is 17.9 Å². The van der Waals surface area contributed by atoms with Crippen LogP contribution in [0.2, 0.25) is 0 Å². The fourth-order valence-corrected chi connectivity index (χ4v) is 6.16. The lowest BCUT2D eigenvalue weighted by molar-refractivity contribution is -0.146. The maximum absolute atomic E-state index is 12.8. The lowest BCUT2D eigenvalue weighted by Crippen LogP contribution is -2.39. The van der Waals surface area contributed by atoms with Crippen molar-refractivity contribution in [3.8, 4) is 0 Å². The lowest BCUT2D eigenvalue weighted by atomic mass is 9.75. The van der Waals surface area contributed by atoms with Gasteiger partial charge in [0.2, 0.25) is 0 Å². The molecule has 0 radical (unpaired) electrons. The lowest BCUT2D eigenvalue weighted by Gasteiger charge is -2.34. The molecule has 1 aliphatic carbocycles. The zero-order valence-corrected chi connectivity index (χ0v) is 26.5. The Labute approximate surface area is 254 Å². The van der Waals surface area contributed by atoms with Gasteiger partial charge in [0.1, 0.15) is 13.2 Å². The fourth-order valence-electron chi connectivity index (χ4n) is 6.16. The van der Waals surface area contributed by atoms with Crippen LogP contribution >= 0.6 is 0 Å². The Morgan fingerprint density at radius 2 is 1.48 bits per heavy atom. The van der Waals surface area contributed by atoms with Gasteiger partial charge in [0.25, 0.3) is 0 Å². The van der Waals surface area contributed by atoms with Crippen LogP contribution in [0, 0.1) is 11.8 Å². The van der Waals surface area contributed by atoms with Crippen LogP contribution in [-0.2, 0) is 24.5 Å². The maximum atomic E-state index is 12.8. The van der Waals surface area contributed by atoms with Gasteiger partial charge in [0.05, 0.1) is 5.41 Å². The SMILES string of the molecule is C=C(C)C(=O)OCC(CCC)(COC(=O)C(=C)CC(CO)CO)c1ccc(C2CCC(CCCCCCC)CC2)cc1. The Morgan fingerprint density at radius 3 is 2.02 bits per heavy atom. The van der Waals surface area contributed by atoms with Crippen LogP contribution in [0.15, 0.2) is 48.6 Å². The van der Waals surface area contributed by atoms with Crippen LogP contribution < -0.4 is 0 Å². The molecular formula is C36H56O6. The van der Waals surface area contributed by atoms with Crippen LogP contribution in [0.25, 0.3) is 0 Å². The van der Waals surface area contributed by atoms with Crippen LogP contribution in [0.4, 0.5) is 0 Å². The molecule has 1 unspecified atom stereocenters. The third kappa shape index (κ3) is 11.3. The van der Waals surface area contributed by atoms with Gasteiger partial charge in [0, 0.05) is 30.3 Å². The molecule has 1 saturated carbocycles. The van der Waals surface area contributed by atoms with Gasteiger partial charge in [0.15, 0.2) is 0 Å². The standard InChI is InChI=1S/C36H56O6/c1-6-8-9-10-11-12-29-13-15-31(16-14-29)32-17-19-33(20-18-32)36(21-7-2,25-41-34(39)27(3)4)26-42-35(40)28(5)22-30(23-37)24-38/h17-20,29-31,37-38H,3,5-16,21-26H2,1-2,4H3. The predicted molar refractivity (Wildman–Crippen MR) is 169 cm³/mol. The fraction of sp³-hybridized carbons (Fsp3) is 0.667. The Kier molecular flexibility index (Phi) is 16.1. The molecule has 0 spiro atoms. The molecule has 236 valence electrons. The quantitative estimate of drug-likeness (QED) is 0.0933. The van der Waals surface area contributed by atoms with E-state index in [1.165, 1.54) is 69.8 Å². The minimum absolute atomic E-state index is 0.0216. The van der Waals surface area contributed by atoms with E-state index in [2.05, 4.69) is 51.3 Å². The molecule has 6 heteroatoms. The maximum Gasteiger partial charge on any atom is 0.333 e. The van der Waals surface area contributed by atoms with E-state index < -0.39 is 23.3 Å². The molecule has 0 heterocycles. The number of aliphatic hydroxyl groups is 2. The number of ether oxygens (including phenoxy) is 2. The number of hydrogen-bond acceptors (Lipinski definition) is 6. The van der Waals surface area contributed by atoms with E-state index >= 15 is 0 Å². The number of benzene rings is 1. The number of unbranched alkanes of at least 4 members (excludes halogenated alkanes) is 4. The Morgan fingerprint density at radius 1 is 0.881 bits per heavy atom. The summed E-state index contributed by atoms with van der Waals surface area (Å²) in [6.45, 7) is 13.0. The molecule has 2 rings (SSSR count). The largest absolute Gasteiger partial charge is 0.461 e. The smallest absolute Gasteiger partial charge is 0.333 e. The summed E-state index contributed by atoms with van der Waals surface area (Å²) in [5, 5.41) is 18.8. The number of hydrogen-bond donors (Lipinski definition) is 2. The molecule has 0 aliphatic heterocycles. The van der Waals surface area contributed by atoms with Crippen molar-refractivity contribution in [2.24, 2.45) is 11.8 Å². The van der Waals surface area contributed by atoms with E-state index in [0.29, 0.717) is 17.9 Å². The summed E-state index contributed by atoms with van der Waals surface area (Å²) in [5.41, 5.74) is 2.09. The van der Waals surface area contributed by atoms with E-state index in [1.54, 1.807) is 6.92 Å². The summed E-state index contributed by atoms with van der Waals surface area (Å²) in [6.07, 6.45) is 14.7. The molecule has 0 amide bonds. The first-order chi connectivity index (χ1) is 20.2. The number of carbonyl (C=O) groups is 2. The van der Waals surface area contributed by atoms with Gasteiger partial charge in [-0.2, -0.15) is 0 Å². The van der Waals surface area contributed by atoms with Crippen molar-refractivity contribution in [1.29, 1.82) is 0 Å². The highest BCUT2D eigenvalue weighted by atomic mass is 16.5. The molecule has 1 fully saturated rings. The molecular weight excluding hydrogens is 528 g/mol. The van der Waals surface area contributed by atoms with E-state index in [1.807, 2.05) is 0 Å². The van der Waals surface area contributed by atoms with Gasteiger partial charge in [-0.3, -0.25) is 0 Å². The first kappa shape index (κ1) is 35.8. The second kappa shape index (κ2) is 19.0. The molecule has 0 saturated heterocycles. The van der Waals surface area contributed by atoms with Gasteiger partial charge < -0.3 is 19.7 Å². The molecule has 1 atom stereocenters. The predicted octanol–water partition coefficient (Wildman–Crippen LogP) is 7.57. The van der Waals surface area contributed by atoms with Crippen LogP contribution in [0.3, 0.4) is 0 Å². The number of rotatable bonds is 20. The van der Waals surface area contributed by atoms with E-state index in [9.17, 15) is 19.8 Å². The summed E-state index contributed by atoms with van der Waals surface area (Å²) in [6, 6.07) is 8.61. The van der Waals surface area contributed by atoms with Crippen molar-refractivity contribution in [1.82, 2.24) is 0 Å². The van der Waals surface area contributed by atoms with Gasteiger partial charge in [-0.25, -0.2) is 9.59 Å². The van der Waals surface area contributed by atoms with Gasteiger partial charge in [-0.1, -0.05) is 96.2 Å². The van der Waals surface area contributed by atoms with Crippen LogP contribution in [0.5, 0.6) is 0 Å². The van der Waals surface area contributed by atoms with Gasteiger partial charge in [-0.05, 0) is 68.4 Å². The minimum Gasteiger partial charge on any atom is -0.461 e. The third-order valence-corrected chi connectivity index (χ3v) is 8.93. The number of esters is 2. The molecule has 0 aromatic heterocycles. The molecule has 2 N–H and O–H groups in total. The summed E-state index contributed by atoms with van der Waals surface area (Å²) >= 11 is 0. The van der Waals surface area contributed by atoms with Gasteiger partial charge in [-0.15, -0.1) is 0 Å². The van der Waals surface area contributed by atoms with Crippen molar-refractivity contribution in [2.75, 3.05) is 26.4 Å². The topological polar surface area (TPSA) is 93.1 Å². The minimum atomic E-state index is -0.725. The summed E-state index contributed by atoms with van der Waals surface area (Å²) in [5.74, 6) is -0.0948. The Hall–Kier alpha value is -2.44. The Balaban J connectivity index is 2.13. The number of carbonyl (C=O) groups excluding carboxylic acids is 2. The van der Waals surface area contributed by atoms with E-state index in [4.69, 9.17) is 9.47 Å². The molecule has 1 aromatic carbocycles. The van der Waals surface area contributed by atoms with E-state index in [-0.39, 0.29) is 38.4 Å². The van der Waals surface area contributed by atoms with Gasteiger partial charge >= 0.3 is 11.9 Å². The molecule has 0 bridgehead atoms. The average molecular weight is 585 g/mol. The highest BCUT2D eigenvalue weighted by molar-refractivity contribution is 5.88. The van der Waals surface area contributed by atoms with Crippen molar-refractivity contribution in [3.05, 3.63) is 59.7 Å². The van der Waals surface area contributed by atoms with Crippen molar-refractivity contribution < 1.29 is 29.3 Å². The van der Waals surface area contributed by atoms with Crippen molar-refractivity contribution in [3.63, 3.8) is 0 Å². The molecule has 42 heavy (non-hydrogen) atoms.